The molecular weight excluding hydrogens is 402 g/mol. The molecule has 1 aromatic carbocycles. The fourth-order valence-corrected chi connectivity index (χ4v) is 4.97. The van der Waals surface area contributed by atoms with Crippen molar-refractivity contribution in [2.75, 3.05) is 31.2 Å². The van der Waals surface area contributed by atoms with Crippen LogP contribution in [0, 0.1) is 11.8 Å². The molecule has 2 saturated heterocycles. The number of benzene rings is 1. The zero-order chi connectivity index (χ0) is 22.9. The number of amides is 1. The van der Waals surface area contributed by atoms with Crippen LogP contribution >= 0.6 is 0 Å². The molecule has 2 unspecified atom stereocenters. The lowest BCUT2D eigenvalue weighted by atomic mass is 9.85. The van der Waals surface area contributed by atoms with Gasteiger partial charge in [0.25, 0.3) is 0 Å². The molecule has 2 atom stereocenters. The molecular formula is C26H35N3O3. The van der Waals surface area contributed by atoms with Crippen molar-refractivity contribution >= 4 is 17.6 Å². The third kappa shape index (κ3) is 4.46. The van der Waals surface area contributed by atoms with Gasteiger partial charge in [-0.3, -0.25) is 9.59 Å². The molecule has 2 aliphatic heterocycles. The van der Waals surface area contributed by atoms with Crippen molar-refractivity contribution in [3.05, 3.63) is 54.1 Å². The maximum atomic E-state index is 13.7. The molecule has 0 bridgehead atoms. The highest BCUT2D eigenvalue weighted by Gasteiger charge is 2.52. The lowest BCUT2D eigenvalue weighted by molar-refractivity contribution is -0.159. The number of para-hydroxylation sites is 1. The minimum atomic E-state index is -0.519. The van der Waals surface area contributed by atoms with Gasteiger partial charge in [0.05, 0.1) is 12.6 Å². The van der Waals surface area contributed by atoms with Gasteiger partial charge in [-0.05, 0) is 70.3 Å². The third-order valence-corrected chi connectivity index (χ3v) is 6.64. The first-order valence-corrected chi connectivity index (χ1v) is 11.6. The van der Waals surface area contributed by atoms with Crippen LogP contribution in [0.15, 0.2) is 54.1 Å². The highest BCUT2D eigenvalue weighted by molar-refractivity contribution is 5.94. The van der Waals surface area contributed by atoms with Gasteiger partial charge in [-0.1, -0.05) is 43.4 Å². The van der Waals surface area contributed by atoms with Crippen molar-refractivity contribution < 1.29 is 14.3 Å². The predicted molar refractivity (Wildman–Crippen MR) is 126 cm³/mol. The number of carbonyl (C=O) groups excluding carboxylic acids is 2. The SMILES string of the molecule is CC1C=CC(CN2CN(c3ccccc3)C3(CCNCC3)C2=O)=CC1C(=O)OC(C)(C)C. The van der Waals surface area contributed by atoms with Crippen molar-refractivity contribution in [2.24, 2.45) is 11.8 Å². The van der Waals surface area contributed by atoms with Crippen LogP contribution in [0.25, 0.3) is 0 Å². The zero-order valence-electron chi connectivity index (χ0n) is 19.6. The van der Waals surface area contributed by atoms with E-state index in [-0.39, 0.29) is 23.7 Å². The smallest absolute Gasteiger partial charge is 0.313 e. The van der Waals surface area contributed by atoms with Gasteiger partial charge in [0, 0.05) is 12.2 Å². The number of ether oxygens (including phenoxy) is 1. The summed E-state index contributed by atoms with van der Waals surface area (Å²) in [6.07, 6.45) is 7.69. The second-order valence-electron chi connectivity index (χ2n) is 10.2. The Balaban J connectivity index is 1.56. The number of rotatable bonds is 4. The minimum absolute atomic E-state index is 0.0689. The van der Waals surface area contributed by atoms with E-state index in [2.05, 4.69) is 34.5 Å². The van der Waals surface area contributed by atoms with Crippen molar-refractivity contribution in [3.63, 3.8) is 0 Å². The quantitative estimate of drug-likeness (QED) is 0.731. The fourth-order valence-electron chi connectivity index (χ4n) is 4.97. The standard InChI is InChI=1S/C26H35N3O3/c1-19-10-11-20(16-22(19)23(30)32-25(2,3)4)17-28-18-29(21-8-6-5-7-9-21)26(24(28)31)12-14-27-15-13-26/h5-11,16,19,22,27H,12-15,17-18H2,1-4H3. The van der Waals surface area contributed by atoms with E-state index in [1.807, 2.05) is 56.9 Å². The molecule has 1 amide bonds. The van der Waals surface area contributed by atoms with Crippen LogP contribution in [0.5, 0.6) is 0 Å². The molecule has 0 aromatic heterocycles. The summed E-state index contributed by atoms with van der Waals surface area (Å²) >= 11 is 0. The van der Waals surface area contributed by atoms with Gasteiger partial charge in [0.2, 0.25) is 5.91 Å². The van der Waals surface area contributed by atoms with Crippen LogP contribution in [-0.2, 0) is 14.3 Å². The zero-order valence-corrected chi connectivity index (χ0v) is 19.6. The van der Waals surface area contributed by atoms with E-state index in [4.69, 9.17) is 4.74 Å². The molecule has 32 heavy (non-hydrogen) atoms. The van der Waals surface area contributed by atoms with Crippen LogP contribution < -0.4 is 10.2 Å². The van der Waals surface area contributed by atoms with Gasteiger partial charge < -0.3 is 19.9 Å². The molecule has 3 aliphatic rings. The second kappa shape index (κ2) is 8.74. The first-order chi connectivity index (χ1) is 15.2. The summed E-state index contributed by atoms with van der Waals surface area (Å²) in [4.78, 5) is 30.7. The number of hydrogen-bond donors (Lipinski definition) is 1. The molecule has 2 fully saturated rings. The minimum Gasteiger partial charge on any atom is -0.459 e. The van der Waals surface area contributed by atoms with Gasteiger partial charge in [0.15, 0.2) is 0 Å². The molecule has 1 N–H and O–H groups in total. The summed E-state index contributed by atoms with van der Waals surface area (Å²) < 4.78 is 5.64. The molecule has 4 rings (SSSR count). The first kappa shape index (κ1) is 22.6. The van der Waals surface area contributed by atoms with Crippen LogP contribution in [0.3, 0.4) is 0 Å². The van der Waals surface area contributed by atoms with Crippen molar-refractivity contribution in [1.82, 2.24) is 10.2 Å². The first-order valence-electron chi connectivity index (χ1n) is 11.6. The largest absolute Gasteiger partial charge is 0.459 e. The van der Waals surface area contributed by atoms with Crippen LogP contribution in [0.1, 0.15) is 40.5 Å². The molecule has 1 aromatic rings. The number of anilines is 1. The topological polar surface area (TPSA) is 61.9 Å². The predicted octanol–water partition coefficient (Wildman–Crippen LogP) is 3.51. The van der Waals surface area contributed by atoms with Crippen LogP contribution in [0.4, 0.5) is 5.69 Å². The third-order valence-electron chi connectivity index (χ3n) is 6.64. The average Bonchev–Trinajstić information content (AvgIpc) is 3.01. The molecule has 0 saturated carbocycles. The van der Waals surface area contributed by atoms with E-state index in [0.717, 1.165) is 37.2 Å². The van der Waals surface area contributed by atoms with E-state index < -0.39 is 11.1 Å². The number of hydrogen-bond acceptors (Lipinski definition) is 5. The lowest BCUT2D eigenvalue weighted by Gasteiger charge is -2.40. The summed E-state index contributed by atoms with van der Waals surface area (Å²) in [6.45, 7) is 10.4. The molecule has 0 radical (unpaired) electrons. The number of allylic oxidation sites excluding steroid dienone is 1. The second-order valence-corrected chi connectivity index (χ2v) is 10.2. The average molecular weight is 438 g/mol. The molecule has 6 nitrogen and oxygen atoms in total. The maximum Gasteiger partial charge on any atom is 0.313 e. The summed E-state index contributed by atoms with van der Waals surface area (Å²) in [5.74, 6) is -0.283. The Labute approximate surface area is 191 Å². The Kier molecular flexibility index (Phi) is 6.17. The van der Waals surface area contributed by atoms with Crippen LogP contribution in [0.2, 0.25) is 0 Å². The summed E-state index contributed by atoms with van der Waals surface area (Å²) in [5.41, 5.74) is 1.06. The van der Waals surface area contributed by atoms with Crippen molar-refractivity contribution in [3.8, 4) is 0 Å². The van der Waals surface area contributed by atoms with E-state index >= 15 is 0 Å². The highest BCUT2D eigenvalue weighted by Crippen LogP contribution is 2.38. The monoisotopic (exact) mass is 437 g/mol. The van der Waals surface area contributed by atoms with Gasteiger partial charge in [-0.2, -0.15) is 0 Å². The van der Waals surface area contributed by atoms with Gasteiger partial charge >= 0.3 is 5.97 Å². The lowest BCUT2D eigenvalue weighted by Crippen LogP contribution is -2.55. The summed E-state index contributed by atoms with van der Waals surface area (Å²) in [6, 6.07) is 10.2. The number of carbonyl (C=O) groups is 2. The van der Waals surface area contributed by atoms with Gasteiger partial charge in [-0.15, -0.1) is 0 Å². The molecule has 2 heterocycles. The normalized spacial score (nSPS) is 25.2. The Morgan fingerprint density at radius 1 is 1.19 bits per heavy atom. The number of nitrogens with zero attached hydrogens (tertiary/aromatic N) is 2. The Morgan fingerprint density at radius 3 is 2.53 bits per heavy atom. The number of esters is 1. The molecule has 6 heteroatoms. The number of piperidine rings is 1. The Morgan fingerprint density at radius 2 is 1.88 bits per heavy atom. The summed E-state index contributed by atoms with van der Waals surface area (Å²) in [7, 11) is 0. The van der Waals surface area contributed by atoms with Crippen molar-refractivity contribution in [2.45, 2.75) is 51.7 Å². The van der Waals surface area contributed by atoms with Gasteiger partial charge in [0.1, 0.15) is 11.1 Å². The maximum absolute atomic E-state index is 13.7. The van der Waals surface area contributed by atoms with E-state index in [1.54, 1.807) is 0 Å². The summed E-state index contributed by atoms with van der Waals surface area (Å²) in [5, 5.41) is 3.39. The highest BCUT2D eigenvalue weighted by atomic mass is 16.6. The fraction of sp³-hybridized carbons (Fsp3) is 0.538. The number of nitrogens with one attached hydrogen (secondary N) is 1. The van der Waals surface area contributed by atoms with E-state index in [9.17, 15) is 9.59 Å². The van der Waals surface area contributed by atoms with Crippen LogP contribution in [-0.4, -0.2) is 54.2 Å². The molecule has 1 spiro atoms. The Bertz CT molecular complexity index is 910. The molecule has 172 valence electrons. The molecule has 1 aliphatic carbocycles. The van der Waals surface area contributed by atoms with Gasteiger partial charge in [-0.25, -0.2) is 0 Å². The van der Waals surface area contributed by atoms with Crippen molar-refractivity contribution in [1.29, 1.82) is 0 Å². The van der Waals surface area contributed by atoms with E-state index in [1.165, 1.54) is 0 Å². The van der Waals surface area contributed by atoms with E-state index in [0.29, 0.717) is 13.2 Å². The Hall–Kier alpha value is -2.60.